The van der Waals surface area contributed by atoms with Crippen molar-refractivity contribution in [2.45, 2.75) is 18.9 Å². The molecule has 0 radical (unpaired) electrons. The molecular formula is C17H22ClN3O2S. The minimum absolute atomic E-state index is 0.590. The fourth-order valence-electron chi connectivity index (χ4n) is 3.61. The summed E-state index contributed by atoms with van der Waals surface area (Å²) in [5, 5.41) is 1.80. The van der Waals surface area contributed by atoms with Gasteiger partial charge in [-0.1, -0.05) is 22.9 Å². The van der Waals surface area contributed by atoms with Crippen LogP contribution in [0.3, 0.4) is 0 Å². The summed E-state index contributed by atoms with van der Waals surface area (Å²) >= 11 is 8.03. The number of hydrogen-bond donors (Lipinski definition) is 0. The largest absolute Gasteiger partial charge is 0.494 e. The standard InChI is InChI=1S/C17H22ClN3O2S/c1-22-14-5-4-13(18)16-15(14)19-17(24-16)21-6-2-3-12(11-21)20-7-9-23-10-8-20/h4-5,12H,2-3,6-11H2,1H3. The lowest BCUT2D eigenvalue weighted by molar-refractivity contribution is 0.0137. The van der Waals surface area contributed by atoms with E-state index in [0.717, 1.165) is 65.5 Å². The highest BCUT2D eigenvalue weighted by atomic mass is 35.5. The predicted molar refractivity (Wildman–Crippen MR) is 98.8 cm³/mol. The van der Waals surface area contributed by atoms with Gasteiger partial charge in [-0.05, 0) is 25.0 Å². The first-order chi connectivity index (χ1) is 11.8. The second-order valence-corrected chi connectivity index (χ2v) is 7.70. The number of rotatable bonds is 3. The molecule has 5 nitrogen and oxygen atoms in total. The molecule has 1 aromatic heterocycles. The zero-order chi connectivity index (χ0) is 16.5. The summed E-state index contributed by atoms with van der Waals surface area (Å²) < 4.78 is 11.9. The monoisotopic (exact) mass is 367 g/mol. The highest BCUT2D eigenvalue weighted by Gasteiger charge is 2.28. The molecule has 0 spiro atoms. The van der Waals surface area contributed by atoms with Crippen molar-refractivity contribution in [3.63, 3.8) is 0 Å². The van der Waals surface area contributed by atoms with E-state index in [1.165, 1.54) is 12.8 Å². The molecule has 1 aromatic carbocycles. The summed E-state index contributed by atoms with van der Waals surface area (Å²) in [5.74, 6) is 0.790. The molecule has 0 N–H and O–H groups in total. The number of ether oxygens (including phenoxy) is 2. The lowest BCUT2D eigenvalue weighted by atomic mass is 10.0. The molecule has 0 bridgehead atoms. The first-order valence-corrected chi connectivity index (χ1v) is 9.65. The van der Waals surface area contributed by atoms with Crippen molar-refractivity contribution in [1.29, 1.82) is 0 Å². The van der Waals surface area contributed by atoms with E-state index in [9.17, 15) is 0 Å². The number of anilines is 1. The number of benzene rings is 1. The van der Waals surface area contributed by atoms with Crippen LogP contribution in [-0.2, 0) is 4.74 Å². The highest BCUT2D eigenvalue weighted by molar-refractivity contribution is 7.22. The third-order valence-electron chi connectivity index (χ3n) is 4.90. The molecule has 0 saturated carbocycles. The Bertz CT molecular complexity index is 717. The van der Waals surface area contributed by atoms with Crippen molar-refractivity contribution < 1.29 is 9.47 Å². The number of hydrogen-bond acceptors (Lipinski definition) is 6. The maximum absolute atomic E-state index is 6.36. The van der Waals surface area contributed by atoms with Gasteiger partial charge >= 0.3 is 0 Å². The molecule has 4 rings (SSSR count). The van der Waals surface area contributed by atoms with Crippen molar-refractivity contribution in [3.05, 3.63) is 17.2 Å². The topological polar surface area (TPSA) is 37.8 Å². The van der Waals surface area contributed by atoms with Gasteiger partial charge in [0.15, 0.2) is 5.13 Å². The zero-order valence-corrected chi connectivity index (χ0v) is 15.4. The van der Waals surface area contributed by atoms with E-state index in [1.54, 1.807) is 18.4 Å². The van der Waals surface area contributed by atoms with Crippen LogP contribution in [0.5, 0.6) is 5.75 Å². The normalized spacial score (nSPS) is 22.9. The van der Waals surface area contributed by atoms with Gasteiger partial charge in [0, 0.05) is 32.2 Å². The molecule has 2 saturated heterocycles. The molecule has 2 fully saturated rings. The van der Waals surface area contributed by atoms with Crippen LogP contribution in [0.25, 0.3) is 10.2 Å². The van der Waals surface area contributed by atoms with Gasteiger partial charge in [-0.3, -0.25) is 4.90 Å². The Hall–Kier alpha value is -1.08. The maximum atomic E-state index is 6.36. The molecule has 24 heavy (non-hydrogen) atoms. The Labute approximate surface area is 151 Å². The van der Waals surface area contributed by atoms with E-state index in [4.69, 9.17) is 26.1 Å². The average molecular weight is 368 g/mol. The molecule has 2 aliphatic rings. The van der Waals surface area contributed by atoms with Crippen LogP contribution < -0.4 is 9.64 Å². The molecule has 1 unspecified atom stereocenters. The smallest absolute Gasteiger partial charge is 0.186 e. The fourth-order valence-corrected chi connectivity index (χ4v) is 4.90. The molecule has 3 heterocycles. The summed E-state index contributed by atoms with van der Waals surface area (Å²) in [5.41, 5.74) is 0.874. The van der Waals surface area contributed by atoms with E-state index in [0.29, 0.717) is 6.04 Å². The van der Waals surface area contributed by atoms with E-state index in [1.807, 2.05) is 12.1 Å². The van der Waals surface area contributed by atoms with Gasteiger partial charge < -0.3 is 14.4 Å². The average Bonchev–Trinajstić information content (AvgIpc) is 3.09. The number of fused-ring (bicyclic) bond motifs is 1. The van der Waals surface area contributed by atoms with Gasteiger partial charge in [0.1, 0.15) is 11.3 Å². The van der Waals surface area contributed by atoms with Gasteiger partial charge in [-0.2, -0.15) is 0 Å². The van der Waals surface area contributed by atoms with Gasteiger partial charge in [-0.15, -0.1) is 0 Å². The predicted octanol–water partition coefficient (Wildman–Crippen LogP) is 3.26. The van der Waals surface area contributed by atoms with Crippen LogP contribution in [0.1, 0.15) is 12.8 Å². The third kappa shape index (κ3) is 3.08. The van der Waals surface area contributed by atoms with Gasteiger partial charge in [0.05, 0.1) is 30.0 Å². The van der Waals surface area contributed by atoms with E-state index in [2.05, 4.69) is 9.80 Å². The first kappa shape index (κ1) is 16.4. The van der Waals surface area contributed by atoms with Crippen LogP contribution in [0.2, 0.25) is 5.02 Å². The highest BCUT2D eigenvalue weighted by Crippen LogP contribution is 2.39. The van der Waals surface area contributed by atoms with E-state index >= 15 is 0 Å². The molecular weight excluding hydrogens is 346 g/mol. The lowest BCUT2D eigenvalue weighted by Crippen LogP contribution is -2.51. The van der Waals surface area contributed by atoms with Crippen molar-refractivity contribution in [2.75, 3.05) is 51.4 Å². The molecule has 0 amide bonds. The number of thiazole rings is 1. The Morgan fingerprint density at radius 1 is 1.29 bits per heavy atom. The molecule has 2 aliphatic heterocycles. The fraction of sp³-hybridized carbons (Fsp3) is 0.588. The Morgan fingerprint density at radius 3 is 2.92 bits per heavy atom. The minimum atomic E-state index is 0.590. The summed E-state index contributed by atoms with van der Waals surface area (Å²) in [7, 11) is 1.68. The van der Waals surface area contributed by atoms with Gasteiger partial charge in [0.2, 0.25) is 0 Å². The van der Waals surface area contributed by atoms with E-state index < -0.39 is 0 Å². The summed E-state index contributed by atoms with van der Waals surface area (Å²) in [4.78, 5) is 9.81. The SMILES string of the molecule is COc1ccc(Cl)c2sc(N3CCCC(N4CCOCC4)C3)nc12. The van der Waals surface area contributed by atoms with Crippen molar-refractivity contribution in [2.24, 2.45) is 0 Å². The van der Waals surface area contributed by atoms with Crippen LogP contribution in [0.4, 0.5) is 5.13 Å². The Morgan fingerprint density at radius 2 is 2.12 bits per heavy atom. The molecule has 7 heteroatoms. The second kappa shape index (κ2) is 7.04. The molecule has 1 atom stereocenters. The van der Waals surface area contributed by atoms with Crippen molar-refractivity contribution in [1.82, 2.24) is 9.88 Å². The third-order valence-corrected chi connectivity index (χ3v) is 6.47. The molecule has 0 aliphatic carbocycles. The van der Waals surface area contributed by atoms with Crippen LogP contribution >= 0.6 is 22.9 Å². The van der Waals surface area contributed by atoms with Gasteiger partial charge in [0.25, 0.3) is 0 Å². The quantitative estimate of drug-likeness (QED) is 0.832. The van der Waals surface area contributed by atoms with Crippen molar-refractivity contribution in [3.8, 4) is 5.75 Å². The number of morpholine rings is 1. The number of nitrogens with zero attached hydrogens (tertiary/aromatic N) is 3. The summed E-state index contributed by atoms with van der Waals surface area (Å²) in [6.07, 6.45) is 2.45. The van der Waals surface area contributed by atoms with Crippen LogP contribution in [0, 0.1) is 0 Å². The molecule has 130 valence electrons. The Kier molecular flexibility index (Phi) is 4.81. The minimum Gasteiger partial charge on any atom is -0.494 e. The first-order valence-electron chi connectivity index (χ1n) is 8.46. The van der Waals surface area contributed by atoms with E-state index in [-0.39, 0.29) is 0 Å². The number of methoxy groups -OCH3 is 1. The van der Waals surface area contributed by atoms with Crippen LogP contribution in [0.15, 0.2) is 12.1 Å². The number of piperidine rings is 1. The lowest BCUT2D eigenvalue weighted by Gasteiger charge is -2.40. The number of halogens is 1. The van der Waals surface area contributed by atoms with Gasteiger partial charge in [-0.25, -0.2) is 4.98 Å². The Balaban J connectivity index is 1.58. The maximum Gasteiger partial charge on any atom is 0.186 e. The van der Waals surface area contributed by atoms with Crippen molar-refractivity contribution >= 4 is 38.3 Å². The summed E-state index contributed by atoms with van der Waals surface area (Å²) in [6.45, 7) is 5.87. The molecule has 2 aromatic rings. The van der Waals surface area contributed by atoms with Crippen LogP contribution in [-0.4, -0.2) is 62.4 Å². The second-order valence-electron chi connectivity index (χ2n) is 6.31. The summed E-state index contributed by atoms with van der Waals surface area (Å²) in [6, 6.07) is 4.37. The number of aromatic nitrogens is 1. The zero-order valence-electron chi connectivity index (χ0n) is 13.8.